The molecule has 0 unspecified atom stereocenters. The molecular weight excluding hydrogens is 430 g/mol. The molecule has 3 heterocycles. The minimum Gasteiger partial charge on any atom is -0.493 e. The molecule has 34 heavy (non-hydrogen) atoms. The van der Waals surface area contributed by atoms with E-state index >= 15 is 0 Å². The smallest absolute Gasteiger partial charge is 0.243 e. The molecule has 1 aliphatic rings. The van der Waals surface area contributed by atoms with E-state index in [1.54, 1.807) is 19.2 Å². The van der Waals surface area contributed by atoms with Gasteiger partial charge in [0.25, 0.3) is 0 Å². The van der Waals surface area contributed by atoms with Crippen LogP contribution in [0.4, 0.5) is 11.8 Å². The largest absolute Gasteiger partial charge is 0.493 e. The molecule has 4 rings (SSSR count). The van der Waals surface area contributed by atoms with Gasteiger partial charge in [-0.3, -0.25) is 4.79 Å². The van der Waals surface area contributed by atoms with Crippen LogP contribution < -0.4 is 20.7 Å². The summed E-state index contributed by atoms with van der Waals surface area (Å²) in [6, 6.07) is 12.5. The van der Waals surface area contributed by atoms with Crippen molar-refractivity contribution >= 4 is 17.7 Å². The lowest BCUT2D eigenvalue weighted by molar-refractivity contribution is -0.123. The van der Waals surface area contributed by atoms with Gasteiger partial charge in [-0.15, -0.1) is 0 Å². The van der Waals surface area contributed by atoms with Crippen LogP contribution in [-0.4, -0.2) is 40.1 Å². The maximum Gasteiger partial charge on any atom is 0.243 e. The standard InChI is InChI=1S/C25H29N7O2/c1-16(2)12-20(28-22-14-23(31-25(27-3)30-22)32-9-4-5-10-32)24(33)29-19-8-11-34-21-13-17(15-26)6-7-18(19)21/h4-7,9-10,13-14,16,19-20H,8,11-12H2,1-3H3,(H,29,33)(H2,27,28,30,31)/t19-,20-/m1/s1. The van der Waals surface area contributed by atoms with Gasteiger partial charge in [0.2, 0.25) is 11.9 Å². The highest BCUT2D eigenvalue weighted by molar-refractivity contribution is 5.85. The Morgan fingerprint density at radius 2 is 2.06 bits per heavy atom. The monoisotopic (exact) mass is 459 g/mol. The maximum absolute atomic E-state index is 13.4. The molecule has 3 aromatic rings. The molecule has 0 saturated heterocycles. The highest BCUT2D eigenvalue weighted by Gasteiger charge is 2.28. The first kappa shape index (κ1) is 23.1. The van der Waals surface area contributed by atoms with Crippen LogP contribution in [0, 0.1) is 17.2 Å². The Labute approximate surface area is 199 Å². The number of hydrogen-bond donors (Lipinski definition) is 3. The summed E-state index contributed by atoms with van der Waals surface area (Å²) in [5.74, 6) is 2.55. The Morgan fingerprint density at radius 3 is 2.76 bits per heavy atom. The van der Waals surface area contributed by atoms with E-state index in [9.17, 15) is 4.79 Å². The van der Waals surface area contributed by atoms with Crippen molar-refractivity contribution in [3.8, 4) is 17.6 Å². The van der Waals surface area contributed by atoms with Gasteiger partial charge in [0.05, 0.1) is 24.3 Å². The van der Waals surface area contributed by atoms with E-state index in [0.29, 0.717) is 48.3 Å². The SMILES string of the molecule is CNc1nc(N[C@H](CC(C)C)C(=O)N[C@@H]2CCOc3cc(C#N)ccc32)cc(-n2cccc2)n1. The van der Waals surface area contributed by atoms with Gasteiger partial charge < -0.3 is 25.3 Å². The summed E-state index contributed by atoms with van der Waals surface area (Å²) < 4.78 is 7.62. The maximum atomic E-state index is 13.4. The fourth-order valence-corrected chi connectivity index (χ4v) is 4.00. The van der Waals surface area contributed by atoms with Crippen LogP contribution in [0.25, 0.3) is 5.82 Å². The highest BCUT2D eigenvalue weighted by atomic mass is 16.5. The summed E-state index contributed by atoms with van der Waals surface area (Å²) in [5, 5.41) is 18.7. The second kappa shape index (κ2) is 10.3. The van der Waals surface area contributed by atoms with Crippen molar-refractivity contribution in [2.24, 2.45) is 5.92 Å². The van der Waals surface area contributed by atoms with E-state index in [4.69, 9.17) is 10.00 Å². The summed E-state index contributed by atoms with van der Waals surface area (Å²) in [4.78, 5) is 22.4. The van der Waals surface area contributed by atoms with Crippen LogP contribution in [0.3, 0.4) is 0 Å². The Kier molecular flexibility index (Phi) is 6.97. The number of benzene rings is 1. The van der Waals surface area contributed by atoms with Crippen LogP contribution in [0.1, 0.15) is 43.9 Å². The van der Waals surface area contributed by atoms with Crippen LogP contribution in [0.5, 0.6) is 5.75 Å². The average molecular weight is 460 g/mol. The first-order valence-corrected chi connectivity index (χ1v) is 11.4. The molecule has 1 aromatic carbocycles. The van der Waals surface area contributed by atoms with E-state index in [1.807, 2.05) is 41.2 Å². The van der Waals surface area contributed by atoms with Crippen molar-refractivity contribution in [1.29, 1.82) is 5.26 Å². The second-order valence-corrected chi connectivity index (χ2v) is 8.66. The average Bonchev–Trinajstić information content (AvgIpc) is 3.38. The third kappa shape index (κ3) is 5.29. The van der Waals surface area contributed by atoms with Gasteiger partial charge in [0, 0.05) is 37.5 Å². The minimum absolute atomic E-state index is 0.108. The zero-order chi connectivity index (χ0) is 24.1. The highest BCUT2D eigenvalue weighted by Crippen LogP contribution is 2.33. The van der Waals surface area contributed by atoms with Gasteiger partial charge in [-0.05, 0) is 36.6 Å². The van der Waals surface area contributed by atoms with Crippen LogP contribution in [0.2, 0.25) is 0 Å². The molecule has 3 N–H and O–H groups in total. The normalized spacial score (nSPS) is 15.6. The lowest BCUT2D eigenvalue weighted by Gasteiger charge is -2.29. The molecule has 2 atom stereocenters. The molecule has 176 valence electrons. The topological polar surface area (TPSA) is 117 Å². The lowest BCUT2D eigenvalue weighted by Crippen LogP contribution is -2.43. The molecule has 9 heteroatoms. The lowest BCUT2D eigenvalue weighted by atomic mass is 9.97. The van der Waals surface area contributed by atoms with E-state index in [2.05, 4.69) is 45.8 Å². The van der Waals surface area contributed by atoms with Gasteiger partial charge in [0.15, 0.2) is 0 Å². The van der Waals surface area contributed by atoms with Crippen molar-refractivity contribution in [2.45, 2.75) is 38.8 Å². The third-order valence-corrected chi connectivity index (χ3v) is 5.65. The van der Waals surface area contributed by atoms with Gasteiger partial charge in [0.1, 0.15) is 23.4 Å². The zero-order valence-corrected chi connectivity index (χ0v) is 19.6. The molecule has 0 aliphatic carbocycles. The summed E-state index contributed by atoms with van der Waals surface area (Å²) in [6.45, 7) is 4.64. The summed E-state index contributed by atoms with van der Waals surface area (Å²) in [5.41, 5.74) is 1.42. The number of nitrogens with one attached hydrogen (secondary N) is 3. The van der Waals surface area contributed by atoms with Crippen LogP contribution >= 0.6 is 0 Å². The van der Waals surface area contributed by atoms with Crippen molar-refractivity contribution < 1.29 is 9.53 Å². The minimum atomic E-state index is -0.484. The molecule has 0 radical (unpaired) electrons. The number of ether oxygens (including phenoxy) is 1. The van der Waals surface area contributed by atoms with Crippen molar-refractivity contribution in [3.05, 3.63) is 59.9 Å². The Hall–Kier alpha value is -4.06. The van der Waals surface area contributed by atoms with Crippen molar-refractivity contribution in [1.82, 2.24) is 19.9 Å². The fraction of sp³-hybridized carbons (Fsp3) is 0.360. The Morgan fingerprint density at radius 1 is 1.26 bits per heavy atom. The molecular formula is C25H29N7O2. The predicted molar refractivity (Wildman–Crippen MR) is 130 cm³/mol. The van der Waals surface area contributed by atoms with Gasteiger partial charge in [-0.25, -0.2) is 0 Å². The molecule has 9 nitrogen and oxygen atoms in total. The number of rotatable bonds is 8. The second-order valence-electron chi connectivity index (χ2n) is 8.66. The molecule has 1 amide bonds. The van der Waals surface area contributed by atoms with Crippen molar-refractivity contribution in [2.75, 3.05) is 24.3 Å². The number of amides is 1. The molecule has 0 spiro atoms. The summed E-state index contributed by atoms with van der Waals surface area (Å²) >= 11 is 0. The molecule has 0 saturated carbocycles. The first-order chi connectivity index (χ1) is 16.5. The molecule has 2 aromatic heterocycles. The van der Waals surface area contributed by atoms with E-state index in [0.717, 1.165) is 5.56 Å². The number of nitriles is 1. The predicted octanol–water partition coefficient (Wildman–Crippen LogP) is 3.65. The quantitative estimate of drug-likeness (QED) is 0.471. The summed E-state index contributed by atoms with van der Waals surface area (Å²) in [7, 11) is 1.76. The van der Waals surface area contributed by atoms with E-state index < -0.39 is 6.04 Å². The van der Waals surface area contributed by atoms with Gasteiger partial charge in [-0.2, -0.15) is 15.2 Å². The number of carbonyl (C=O) groups excluding carboxylic acids is 1. The third-order valence-electron chi connectivity index (χ3n) is 5.65. The number of aromatic nitrogens is 3. The number of anilines is 2. The van der Waals surface area contributed by atoms with Crippen LogP contribution in [-0.2, 0) is 4.79 Å². The number of nitrogens with zero attached hydrogens (tertiary/aromatic N) is 4. The fourth-order valence-electron chi connectivity index (χ4n) is 4.00. The number of fused-ring (bicyclic) bond motifs is 1. The van der Waals surface area contributed by atoms with Gasteiger partial charge >= 0.3 is 0 Å². The molecule has 0 bridgehead atoms. The Balaban J connectivity index is 1.56. The van der Waals surface area contributed by atoms with Crippen LogP contribution in [0.15, 0.2) is 48.8 Å². The summed E-state index contributed by atoms with van der Waals surface area (Å²) in [6.07, 6.45) is 5.11. The van der Waals surface area contributed by atoms with Crippen molar-refractivity contribution in [3.63, 3.8) is 0 Å². The molecule has 1 aliphatic heterocycles. The number of hydrogen-bond acceptors (Lipinski definition) is 7. The molecule has 0 fully saturated rings. The van der Waals surface area contributed by atoms with Gasteiger partial charge in [-0.1, -0.05) is 19.9 Å². The Bertz CT molecular complexity index is 1180. The zero-order valence-electron chi connectivity index (χ0n) is 19.6. The number of carbonyl (C=O) groups is 1. The van der Waals surface area contributed by atoms with E-state index in [-0.39, 0.29) is 17.9 Å². The first-order valence-electron chi connectivity index (χ1n) is 11.4. The van der Waals surface area contributed by atoms with E-state index in [1.165, 1.54) is 0 Å².